The minimum absolute atomic E-state index is 0.107. The summed E-state index contributed by atoms with van der Waals surface area (Å²) in [7, 11) is 1.92. The second kappa shape index (κ2) is 6.56. The highest BCUT2D eigenvalue weighted by atomic mass is 79.9. The fourth-order valence-corrected chi connectivity index (χ4v) is 4.33. The predicted octanol–water partition coefficient (Wildman–Crippen LogP) is 4.79. The standard InChI is InChI=1S/C20H20BrN3O/c1-23-17-10-3-2-9-16(17)18(21)19(23)20(25)22-14-7-6-8-15(13-14)24-11-4-5-12-24/h2-3,6-10,13H,4-5,11-12H2,1H3,(H,22,25). The number of benzene rings is 2. The Morgan fingerprint density at radius 1 is 1.08 bits per heavy atom. The molecule has 0 saturated carbocycles. The summed E-state index contributed by atoms with van der Waals surface area (Å²) in [5, 5.41) is 4.09. The monoisotopic (exact) mass is 397 g/mol. The second-order valence-corrected chi connectivity index (χ2v) is 7.23. The van der Waals surface area contributed by atoms with Crippen LogP contribution in [0.25, 0.3) is 10.9 Å². The number of carbonyl (C=O) groups is 1. The Labute approximate surface area is 155 Å². The molecule has 0 bridgehead atoms. The van der Waals surface area contributed by atoms with E-state index in [4.69, 9.17) is 0 Å². The maximum atomic E-state index is 12.9. The van der Waals surface area contributed by atoms with Gasteiger partial charge in [-0.25, -0.2) is 0 Å². The van der Waals surface area contributed by atoms with E-state index < -0.39 is 0 Å². The number of aryl methyl sites for hydroxylation is 1. The Balaban J connectivity index is 1.63. The average Bonchev–Trinajstić information content (AvgIpc) is 3.24. The van der Waals surface area contributed by atoms with Crippen LogP contribution in [0.2, 0.25) is 0 Å². The second-order valence-electron chi connectivity index (χ2n) is 6.44. The first-order chi connectivity index (χ1) is 12.1. The van der Waals surface area contributed by atoms with E-state index >= 15 is 0 Å². The molecule has 2 aromatic carbocycles. The molecule has 3 aromatic rings. The van der Waals surface area contributed by atoms with E-state index in [0.29, 0.717) is 5.69 Å². The lowest BCUT2D eigenvalue weighted by Gasteiger charge is -2.18. The van der Waals surface area contributed by atoms with E-state index in [1.807, 2.05) is 48.0 Å². The number of hydrogen-bond acceptors (Lipinski definition) is 2. The number of anilines is 2. The number of para-hydroxylation sites is 1. The molecule has 0 unspecified atom stereocenters. The van der Waals surface area contributed by atoms with E-state index in [1.54, 1.807) is 0 Å². The fourth-order valence-electron chi connectivity index (χ4n) is 3.54. The largest absolute Gasteiger partial charge is 0.371 e. The third-order valence-corrected chi connectivity index (χ3v) is 5.64. The number of halogens is 1. The highest BCUT2D eigenvalue weighted by molar-refractivity contribution is 9.10. The summed E-state index contributed by atoms with van der Waals surface area (Å²) in [4.78, 5) is 15.2. The Kier molecular flexibility index (Phi) is 4.25. The van der Waals surface area contributed by atoms with Crippen molar-refractivity contribution in [3.63, 3.8) is 0 Å². The minimum atomic E-state index is -0.107. The molecule has 1 aromatic heterocycles. The number of rotatable bonds is 3. The summed E-state index contributed by atoms with van der Waals surface area (Å²) in [6.45, 7) is 2.18. The fraction of sp³-hybridized carbons (Fsp3) is 0.250. The zero-order chi connectivity index (χ0) is 17.4. The van der Waals surface area contributed by atoms with Gasteiger partial charge in [-0.2, -0.15) is 0 Å². The molecule has 0 aliphatic carbocycles. The molecule has 1 aliphatic rings. The van der Waals surface area contributed by atoms with Gasteiger partial charge in [0.2, 0.25) is 0 Å². The van der Waals surface area contributed by atoms with E-state index in [1.165, 1.54) is 18.5 Å². The lowest BCUT2D eigenvalue weighted by Crippen LogP contribution is -2.19. The van der Waals surface area contributed by atoms with E-state index in [9.17, 15) is 4.79 Å². The smallest absolute Gasteiger partial charge is 0.273 e. The van der Waals surface area contributed by atoms with E-state index in [-0.39, 0.29) is 5.91 Å². The highest BCUT2D eigenvalue weighted by Crippen LogP contribution is 2.31. The van der Waals surface area contributed by atoms with Gasteiger partial charge in [0.1, 0.15) is 5.69 Å². The third kappa shape index (κ3) is 2.93. The summed E-state index contributed by atoms with van der Waals surface area (Å²) in [6.07, 6.45) is 2.47. The van der Waals surface area contributed by atoms with Crippen LogP contribution >= 0.6 is 15.9 Å². The molecule has 5 heteroatoms. The van der Waals surface area contributed by atoms with Crippen LogP contribution in [0.15, 0.2) is 53.0 Å². The van der Waals surface area contributed by atoms with Crippen molar-refractivity contribution < 1.29 is 4.79 Å². The molecule has 2 heterocycles. The van der Waals surface area contributed by atoms with Gasteiger partial charge in [-0.05, 0) is 53.0 Å². The van der Waals surface area contributed by atoms with Crippen molar-refractivity contribution in [2.24, 2.45) is 7.05 Å². The molecule has 4 nitrogen and oxygen atoms in total. The average molecular weight is 398 g/mol. The van der Waals surface area contributed by atoms with Crippen LogP contribution in [-0.2, 0) is 7.05 Å². The lowest BCUT2D eigenvalue weighted by molar-refractivity contribution is 0.101. The minimum Gasteiger partial charge on any atom is -0.371 e. The topological polar surface area (TPSA) is 37.3 Å². The quantitative estimate of drug-likeness (QED) is 0.689. The Hall–Kier alpha value is -2.27. The zero-order valence-corrected chi connectivity index (χ0v) is 15.7. The Bertz CT molecular complexity index is 902. The van der Waals surface area contributed by atoms with Crippen molar-refractivity contribution in [2.75, 3.05) is 23.3 Å². The summed E-state index contributed by atoms with van der Waals surface area (Å²) in [5.74, 6) is -0.107. The van der Waals surface area contributed by atoms with E-state index in [2.05, 4.69) is 38.3 Å². The molecule has 1 saturated heterocycles. The number of aromatic nitrogens is 1. The first-order valence-corrected chi connectivity index (χ1v) is 9.34. The Morgan fingerprint density at radius 2 is 1.84 bits per heavy atom. The predicted molar refractivity (Wildman–Crippen MR) is 106 cm³/mol. The van der Waals surface area contributed by atoms with Crippen molar-refractivity contribution in [1.29, 1.82) is 0 Å². The summed E-state index contributed by atoms with van der Waals surface area (Å²) < 4.78 is 2.76. The van der Waals surface area contributed by atoms with Gasteiger partial charge < -0.3 is 14.8 Å². The number of hydrogen-bond donors (Lipinski definition) is 1. The maximum absolute atomic E-state index is 12.9. The summed E-state index contributed by atoms with van der Waals surface area (Å²) in [6, 6.07) is 16.1. The van der Waals surface area contributed by atoms with Crippen molar-refractivity contribution in [3.05, 3.63) is 58.7 Å². The first-order valence-electron chi connectivity index (χ1n) is 8.54. The first kappa shape index (κ1) is 16.2. The molecular weight excluding hydrogens is 378 g/mol. The molecule has 0 atom stereocenters. The van der Waals surface area contributed by atoms with Gasteiger partial charge in [0, 0.05) is 42.4 Å². The van der Waals surface area contributed by atoms with Crippen molar-refractivity contribution in [2.45, 2.75) is 12.8 Å². The zero-order valence-electron chi connectivity index (χ0n) is 14.1. The van der Waals surface area contributed by atoms with Crippen LogP contribution in [-0.4, -0.2) is 23.6 Å². The normalized spacial score (nSPS) is 14.2. The van der Waals surface area contributed by atoms with Crippen LogP contribution in [0, 0.1) is 0 Å². The van der Waals surface area contributed by atoms with Gasteiger partial charge in [-0.3, -0.25) is 4.79 Å². The molecule has 0 spiro atoms. The molecule has 1 fully saturated rings. The van der Waals surface area contributed by atoms with Gasteiger partial charge in [-0.1, -0.05) is 24.3 Å². The van der Waals surface area contributed by atoms with Gasteiger partial charge in [0.05, 0.1) is 4.47 Å². The van der Waals surface area contributed by atoms with Crippen LogP contribution in [0.1, 0.15) is 23.3 Å². The van der Waals surface area contributed by atoms with Crippen LogP contribution < -0.4 is 10.2 Å². The maximum Gasteiger partial charge on any atom is 0.273 e. The van der Waals surface area contributed by atoms with Gasteiger partial charge in [0.15, 0.2) is 0 Å². The molecule has 25 heavy (non-hydrogen) atoms. The molecule has 1 aliphatic heterocycles. The molecule has 128 valence electrons. The van der Waals surface area contributed by atoms with E-state index in [0.717, 1.165) is 34.2 Å². The number of amides is 1. The summed E-state index contributed by atoms with van der Waals surface area (Å²) >= 11 is 3.60. The van der Waals surface area contributed by atoms with Gasteiger partial charge in [0.25, 0.3) is 5.91 Å². The summed E-state index contributed by atoms with van der Waals surface area (Å²) in [5.41, 5.74) is 3.66. The molecule has 1 amide bonds. The molecular formula is C20H20BrN3O. The van der Waals surface area contributed by atoms with Gasteiger partial charge in [-0.15, -0.1) is 0 Å². The number of nitrogens with zero attached hydrogens (tertiary/aromatic N) is 2. The molecule has 1 N–H and O–H groups in total. The SMILES string of the molecule is Cn1c(C(=O)Nc2cccc(N3CCCC3)c2)c(Br)c2ccccc21. The van der Waals surface area contributed by atoms with Crippen LogP contribution in [0.3, 0.4) is 0 Å². The third-order valence-electron chi connectivity index (χ3n) is 4.84. The van der Waals surface area contributed by atoms with Gasteiger partial charge >= 0.3 is 0 Å². The highest BCUT2D eigenvalue weighted by Gasteiger charge is 2.20. The van der Waals surface area contributed by atoms with Crippen LogP contribution in [0.4, 0.5) is 11.4 Å². The Morgan fingerprint density at radius 3 is 2.60 bits per heavy atom. The number of fused-ring (bicyclic) bond motifs is 1. The molecule has 4 rings (SSSR count). The van der Waals surface area contributed by atoms with Crippen molar-refractivity contribution >= 4 is 44.1 Å². The van der Waals surface area contributed by atoms with Crippen molar-refractivity contribution in [1.82, 2.24) is 4.57 Å². The lowest BCUT2D eigenvalue weighted by atomic mass is 10.2. The van der Waals surface area contributed by atoms with Crippen molar-refractivity contribution in [3.8, 4) is 0 Å². The van der Waals surface area contributed by atoms with Crippen LogP contribution in [0.5, 0.6) is 0 Å². The number of nitrogens with one attached hydrogen (secondary N) is 1. The number of carbonyl (C=O) groups excluding carboxylic acids is 1. The molecule has 0 radical (unpaired) electrons.